The minimum atomic E-state index is -0.0254. The van der Waals surface area contributed by atoms with Crippen molar-refractivity contribution < 1.29 is 9.21 Å². The van der Waals surface area contributed by atoms with Crippen molar-refractivity contribution in [2.45, 2.75) is 45.1 Å². The molecule has 0 spiro atoms. The van der Waals surface area contributed by atoms with E-state index in [9.17, 15) is 4.79 Å². The van der Waals surface area contributed by atoms with Gasteiger partial charge >= 0.3 is 0 Å². The normalized spacial score (nSPS) is 23.9. The van der Waals surface area contributed by atoms with Gasteiger partial charge in [-0.1, -0.05) is 19.8 Å². The van der Waals surface area contributed by atoms with Gasteiger partial charge in [-0.05, 0) is 24.8 Å². The van der Waals surface area contributed by atoms with Gasteiger partial charge in [0.1, 0.15) is 5.76 Å². The number of carbonyl (C=O) groups excluding carboxylic acids is 1. The molecule has 1 saturated carbocycles. The Kier molecular flexibility index (Phi) is 4.70. The van der Waals surface area contributed by atoms with Crippen LogP contribution in [-0.4, -0.2) is 17.8 Å². The van der Waals surface area contributed by atoms with Crippen LogP contribution >= 0.6 is 11.6 Å². The lowest BCUT2D eigenvalue weighted by Crippen LogP contribution is -2.42. The molecule has 0 aliphatic heterocycles. The van der Waals surface area contributed by atoms with Gasteiger partial charge in [-0.3, -0.25) is 4.79 Å². The molecule has 0 aromatic carbocycles. The van der Waals surface area contributed by atoms with Crippen LogP contribution in [0.5, 0.6) is 0 Å². The third-order valence-electron chi connectivity index (χ3n) is 3.73. The van der Waals surface area contributed by atoms with E-state index < -0.39 is 0 Å². The Morgan fingerprint density at radius 2 is 2.28 bits per heavy atom. The van der Waals surface area contributed by atoms with E-state index >= 15 is 0 Å². The lowest BCUT2D eigenvalue weighted by molar-refractivity contribution is 0.0909. The van der Waals surface area contributed by atoms with Crippen LogP contribution in [0.25, 0.3) is 0 Å². The Bertz CT molecular complexity index is 402. The molecule has 1 aliphatic rings. The Morgan fingerprint density at radius 3 is 3.00 bits per heavy atom. The fourth-order valence-corrected chi connectivity index (χ4v) is 3.01. The number of hydrogen-bond donors (Lipinski definition) is 1. The number of furan rings is 1. The van der Waals surface area contributed by atoms with Crippen molar-refractivity contribution >= 4 is 17.5 Å². The number of amides is 1. The van der Waals surface area contributed by atoms with E-state index in [2.05, 4.69) is 5.32 Å². The molecule has 4 heteroatoms. The zero-order chi connectivity index (χ0) is 13.0. The van der Waals surface area contributed by atoms with Gasteiger partial charge in [0.05, 0.1) is 11.8 Å². The molecular formula is C14H20ClNO2. The quantitative estimate of drug-likeness (QED) is 0.852. The van der Waals surface area contributed by atoms with Crippen molar-refractivity contribution in [2.24, 2.45) is 5.92 Å². The van der Waals surface area contributed by atoms with Crippen LogP contribution in [0.15, 0.2) is 16.7 Å². The molecule has 18 heavy (non-hydrogen) atoms. The first kappa shape index (κ1) is 13.5. The van der Waals surface area contributed by atoms with E-state index in [-0.39, 0.29) is 11.9 Å². The standard InChI is InChI=1S/C14H20ClNO2/c1-2-13-11(7-8-18-13)14(17)16-12-6-4-3-5-10(12)9-15/h7-8,10,12H,2-6,9H2,1H3,(H,16,17). The lowest BCUT2D eigenvalue weighted by Gasteiger charge is -2.30. The van der Waals surface area contributed by atoms with Gasteiger partial charge in [-0.2, -0.15) is 0 Å². The summed E-state index contributed by atoms with van der Waals surface area (Å²) in [5, 5.41) is 3.11. The fourth-order valence-electron chi connectivity index (χ4n) is 2.65. The molecule has 0 saturated heterocycles. The smallest absolute Gasteiger partial charge is 0.255 e. The van der Waals surface area contributed by atoms with E-state index in [1.807, 2.05) is 6.92 Å². The molecule has 2 unspecified atom stereocenters. The van der Waals surface area contributed by atoms with E-state index in [4.69, 9.17) is 16.0 Å². The van der Waals surface area contributed by atoms with Gasteiger partial charge in [0.25, 0.3) is 5.91 Å². The summed E-state index contributed by atoms with van der Waals surface area (Å²) < 4.78 is 5.29. The van der Waals surface area contributed by atoms with Gasteiger partial charge in [0, 0.05) is 18.3 Å². The molecule has 1 aromatic heterocycles. The minimum absolute atomic E-state index is 0.0254. The van der Waals surface area contributed by atoms with Crippen molar-refractivity contribution in [3.63, 3.8) is 0 Å². The Morgan fingerprint density at radius 1 is 1.50 bits per heavy atom. The zero-order valence-corrected chi connectivity index (χ0v) is 11.5. The van der Waals surface area contributed by atoms with Gasteiger partial charge in [0.15, 0.2) is 0 Å². The maximum absolute atomic E-state index is 12.2. The largest absolute Gasteiger partial charge is 0.469 e. The Hall–Kier alpha value is -0.960. The van der Waals surface area contributed by atoms with Crippen LogP contribution in [-0.2, 0) is 6.42 Å². The number of nitrogens with one attached hydrogen (secondary N) is 1. The second-order valence-corrected chi connectivity index (χ2v) is 5.20. The summed E-state index contributed by atoms with van der Waals surface area (Å²) in [5.41, 5.74) is 0.663. The van der Waals surface area contributed by atoms with Crippen LogP contribution in [0, 0.1) is 5.92 Å². The number of hydrogen-bond acceptors (Lipinski definition) is 2. The number of alkyl halides is 1. The summed E-state index contributed by atoms with van der Waals surface area (Å²) in [6.45, 7) is 1.98. The Labute approximate surface area is 113 Å². The predicted molar refractivity (Wildman–Crippen MR) is 72.0 cm³/mol. The summed E-state index contributed by atoms with van der Waals surface area (Å²) in [7, 11) is 0. The van der Waals surface area contributed by atoms with Crippen molar-refractivity contribution in [3.05, 3.63) is 23.7 Å². The molecule has 1 aromatic rings. The first-order chi connectivity index (χ1) is 8.76. The molecule has 100 valence electrons. The van der Waals surface area contributed by atoms with E-state index in [0.29, 0.717) is 17.4 Å². The summed E-state index contributed by atoms with van der Waals surface area (Å²) in [5.74, 6) is 1.76. The molecule has 3 nitrogen and oxygen atoms in total. The first-order valence-electron chi connectivity index (χ1n) is 6.69. The molecule has 1 fully saturated rings. The zero-order valence-electron chi connectivity index (χ0n) is 10.7. The highest BCUT2D eigenvalue weighted by atomic mass is 35.5. The minimum Gasteiger partial charge on any atom is -0.469 e. The molecule has 2 atom stereocenters. The summed E-state index contributed by atoms with van der Waals surface area (Å²) in [6, 6.07) is 1.95. The highest BCUT2D eigenvalue weighted by Crippen LogP contribution is 2.26. The third kappa shape index (κ3) is 2.89. The average Bonchev–Trinajstić information content (AvgIpc) is 2.87. The van der Waals surface area contributed by atoms with E-state index in [1.54, 1.807) is 12.3 Å². The maximum Gasteiger partial charge on any atom is 0.255 e. The van der Waals surface area contributed by atoms with Gasteiger partial charge in [-0.15, -0.1) is 11.6 Å². The van der Waals surface area contributed by atoms with Crippen molar-refractivity contribution in [1.29, 1.82) is 0 Å². The SMILES string of the molecule is CCc1occc1C(=O)NC1CCCCC1CCl. The third-order valence-corrected chi connectivity index (χ3v) is 4.13. The van der Waals surface area contributed by atoms with E-state index in [1.165, 1.54) is 12.8 Å². The van der Waals surface area contributed by atoms with Gasteiger partial charge in [-0.25, -0.2) is 0 Å². The Balaban J connectivity index is 2.02. The van der Waals surface area contributed by atoms with Crippen LogP contribution in [0.4, 0.5) is 0 Å². The molecule has 1 heterocycles. The highest BCUT2D eigenvalue weighted by molar-refractivity contribution is 6.18. The second-order valence-electron chi connectivity index (χ2n) is 4.89. The number of aryl methyl sites for hydroxylation is 1. The molecule has 2 rings (SSSR count). The van der Waals surface area contributed by atoms with Crippen LogP contribution in [0.3, 0.4) is 0 Å². The van der Waals surface area contributed by atoms with Gasteiger partial charge < -0.3 is 9.73 Å². The summed E-state index contributed by atoms with van der Waals surface area (Å²) >= 11 is 5.97. The van der Waals surface area contributed by atoms with Crippen molar-refractivity contribution in [3.8, 4) is 0 Å². The molecule has 1 amide bonds. The predicted octanol–water partition coefficient (Wildman–Crippen LogP) is 3.37. The molecule has 0 radical (unpaired) electrons. The molecule has 1 aliphatic carbocycles. The molecule has 0 bridgehead atoms. The topological polar surface area (TPSA) is 42.2 Å². The average molecular weight is 270 g/mol. The molecule has 1 N–H and O–H groups in total. The number of rotatable bonds is 4. The van der Waals surface area contributed by atoms with Crippen LogP contribution < -0.4 is 5.32 Å². The number of halogens is 1. The number of carbonyl (C=O) groups is 1. The lowest BCUT2D eigenvalue weighted by atomic mass is 9.85. The maximum atomic E-state index is 12.2. The van der Waals surface area contributed by atoms with Crippen molar-refractivity contribution in [1.82, 2.24) is 5.32 Å². The van der Waals surface area contributed by atoms with Gasteiger partial charge in [0.2, 0.25) is 0 Å². The van der Waals surface area contributed by atoms with Crippen molar-refractivity contribution in [2.75, 3.05) is 5.88 Å². The van der Waals surface area contributed by atoms with Crippen LogP contribution in [0.1, 0.15) is 48.7 Å². The summed E-state index contributed by atoms with van der Waals surface area (Å²) in [6.07, 6.45) is 6.84. The highest BCUT2D eigenvalue weighted by Gasteiger charge is 2.26. The summed E-state index contributed by atoms with van der Waals surface area (Å²) in [4.78, 5) is 12.2. The first-order valence-corrected chi connectivity index (χ1v) is 7.23. The van der Waals surface area contributed by atoms with E-state index in [0.717, 1.165) is 25.0 Å². The fraction of sp³-hybridized carbons (Fsp3) is 0.643. The second kappa shape index (κ2) is 6.28. The monoisotopic (exact) mass is 269 g/mol. The molecular weight excluding hydrogens is 250 g/mol. The van der Waals surface area contributed by atoms with Crippen LogP contribution in [0.2, 0.25) is 0 Å².